The number of nitrogens with one attached hydrogen (secondary N) is 2. The molecule has 1 atom stereocenters. The van der Waals surface area contributed by atoms with Crippen molar-refractivity contribution in [3.05, 3.63) is 45.4 Å². The molecule has 4 saturated carbocycles. The van der Waals surface area contributed by atoms with Crippen molar-refractivity contribution < 1.29 is 23.9 Å². The standard InChI is InChI=1S/C28H30N4O5S/c33-22-5-4-20(25(34)31-22)32-26(35)19-2-1-3-21(24(19)27(32)36)37-13-18-14-38-23(30-18)12-29-28-9-15-6-16(10-28)8-17(7-15)11-28/h1-3,14-17,20,29H,4-13H2,(H,31,33,34). The van der Waals surface area contributed by atoms with E-state index in [9.17, 15) is 19.2 Å². The van der Waals surface area contributed by atoms with Crippen LogP contribution in [0.1, 0.15) is 82.8 Å². The molecule has 4 amide bonds. The molecular formula is C28H30N4O5S. The Hall–Kier alpha value is -3.11. The Balaban J connectivity index is 1.01. The number of carbonyl (C=O) groups is 4. The monoisotopic (exact) mass is 534 g/mol. The molecule has 38 heavy (non-hydrogen) atoms. The van der Waals surface area contributed by atoms with Crippen molar-refractivity contribution >= 4 is 35.0 Å². The number of amides is 4. The fraction of sp³-hybridized carbons (Fsp3) is 0.536. The first-order valence-electron chi connectivity index (χ1n) is 13.5. The summed E-state index contributed by atoms with van der Waals surface area (Å²) in [4.78, 5) is 55.9. The van der Waals surface area contributed by atoms with Gasteiger partial charge >= 0.3 is 0 Å². The van der Waals surface area contributed by atoms with Crippen LogP contribution >= 0.6 is 11.3 Å². The number of nitrogens with zero attached hydrogens (tertiary/aromatic N) is 2. The van der Waals surface area contributed by atoms with Crippen molar-refractivity contribution in [3.8, 4) is 5.75 Å². The van der Waals surface area contributed by atoms with Crippen LogP contribution in [0.3, 0.4) is 0 Å². The van der Waals surface area contributed by atoms with Gasteiger partial charge in [-0.2, -0.15) is 0 Å². The Morgan fingerprint density at radius 1 is 1.05 bits per heavy atom. The van der Waals surface area contributed by atoms with Gasteiger partial charge in [0.05, 0.1) is 16.8 Å². The summed E-state index contributed by atoms with van der Waals surface area (Å²) < 4.78 is 5.99. The molecule has 3 heterocycles. The largest absolute Gasteiger partial charge is 0.486 e. The average Bonchev–Trinajstić information content (AvgIpc) is 3.44. The van der Waals surface area contributed by atoms with Crippen molar-refractivity contribution in [2.75, 3.05) is 0 Å². The molecule has 8 rings (SSSR count). The van der Waals surface area contributed by atoms with Crippen LogP contribution < -0.4 is 15.4 Å². The summed E-state index contributed by atoms with van der Waals surface area (Å²) >= 11 is 1.60. The zero-order valence-corrected chi connectivity index (χ0v) is 21.9. The minimum atomic E-state index is -1.00. The smallest absolute Gasteiger partial charge is 0.266 e. The summed E-state index contributed by atoms with van der Waals surface area (Å²) in [5.41, 5.74) is 1.41. The predicted octanol–water partition coefficient (Wildman–Crippen LogP) is 3.18. The van der Waals surface area contributed by atoms with Crippen LogP contribution in [0.2, 0.25) is 0 Å². The summed E-state index contributed by atoms with van der Waals surface area (Å²) in [6.07, 6.45) is 8.33. The topological polar surface area (TPSA) is 118 Å². The Kier molecular flexibility index (Phi) is 5.66. The molecule has 4 bridgehead atoms. The minimum absolute atomic E-state index is 0.0804. The van der Waals surface area contributed by atoms with Gasteiger partial charge in [-0.25, -0.2) is 4.98 Å². The van der Waals surface area contributed by atoms with Gasteiger partial charge in [0.15, 0.2) is 0 Å². The second-order valence-corrected chi connectivity index (χ2v) is 12.6. The number of carbonyl (C=O) groups excluding carboxylic acids is 4. The van der Waals surface area contributed by atoms with Crippen LogP contribution in [0.15, 0.2) is 23.6 Å². The van der Waals surface area contributed by atoms with Crippen molar-refractivity contribution in [2.24, 2.45) is 17.8 Å². The second kappa shape index (κ2) is 8.98. The van der Waals surface area contributed by atoms with E-state index in [1.54, 1.807) is 29.5 Å². The third kappa shape index (κ3) is 4.05. The molecule has 2 aliphatic heterocycles. The number of ether oxygens (including phenoxy) is 1. The van der Waals surface area contributed by atoms with Gasteiger partial charge in [-0.1, -0.05) is 6.07 Å². The van der Waals surface area contributed by atoms with Gasteiger partial charge < -0.3 is 10.1 Å². The maximum absolute atomic E-state index is 13.3. The summed E-state index contributed by atoms with van der Waals surface area (Å²) in [6.45, 7) is 0.926. The fourth-order valence-electron chi connectivity index (χ4n) is 7.84. The molecule has 6 aliphatic rings. The Morgan fingerprint density at radius 2 is 1.79 bits per heavy atom. The number of benzene rings is 1. The van der Waals surface area contributed by atoms with E-state index in [-0.39, 0.29) is 41.9 Å². The lowest BCUT2D eigenvalue weighted by atomic mass is 9.53. The molecule has 2 N–H and O–H groups in total. The first-order chi connectivity index (χ1) is 18.4. The lowest BCUT2D eigenvalue weighted by Gasteiger charge is -2.57. The number of hydrogen-bond acceptors (Lipinski definition) is 8. The summed E-state index contributed by atoms with van der Waals surface area (Å²) in [7, 11) is 0. The maximum atomic E-state index is 13.3. The SMILES string of the molecule is O=C1CCC(N2C(=O)c3cccc(OCc4csc(CNC56CC7CC(CC(C7)C5)C6)n4)c3C2=O)C(=O)N1. The molecule has 0 radical (unpaired) electrons. The average molecular weight is 535 g/mol. The first kappa shape index (κ1) is 24.0. The van der Waals surface area contributed by atoms with E-state index in [1.165, 1.54) is 38.5 Å². The van der Waals surface area contributed by atoms with Gasteiger partial charge in [-0.15, -0.1) is 11.3 Å². The van der Waals surface area contributed by atoms with Crippen LogP contribution in [0.25, 0.3) is 0 Å². The highest BCUT2D eigenvalue weighted by Crippen LogP contribution is 2.55. The molecule has 198 valence electrons. The van der Waals surface area contributed by atoms with Crippen molar-refractivity contribution in [2.45, 2.75) is 76.1 Å². The molecule has 1 aromatic heterocycles. The molecule has 1 aromatic carbocycles. The molecule has 2 aromatic rings. The van der Waals surface area contributed by atoms with E-state index in [1.807, 2.05) is 5.38 Å². The van der Waals surface area contributed by atoms with Crippen molar-refractivity contribution in [1.29, 1.82) is 0 Å². The predicted molar refractivity (Wildman–Crippen MR) is 137 cm³/mol. The lowest BCUT2D eigenvalue weighted by Crippen LogP contribution is -2.58. The Labute approximate surface area is 224 Å². The number of thiazole rings is 1. The number of fused-ring (bicyclic) bond motifs is 1. The molecule has 0 spiro atoms. The van der Waals surface area contributed by atoms with Crippen LogP contribution in [0.5, 0.6) is 5.75 Å². The van der Waals surface area contributed by atoms with Crippen LogP contribution in [0.4, 0.5) is 0 Å². The van der Waals surface area contributed by atoms with Gasteiger partial charge in [-0.05, 0) is 74.8 Å². The van der Waals surface area contributed by atoms with E-state index in [0.29, 0.717) is 0 Å². The first-order valence-corrected chi connectivity index (χ1v) is 14.4. The molecule has 9 nitrogen and oxygen atoms in total. The fourth-order valence-corrected chi connectivity index (χ4v) is 8.56. The minimum Gasteiger partial charge on any atom is -0.486 e. The summed E-state index contributed by atoms with van der Waals surface area (Å²) in [5.74, 6) is 0.812. The normalized spacial score (nSPS) is 31.6. The van der Waals surface area contributed by atoms with E-state index in [0.717, 1.165) is 39.9 Å². The molecule has 1 saturated heterocycles. The van der Waals surface area contributed by atoms with Gasteiger partial charge in [0.1, 0.15) is 23.4 Å². The van der Waals surface area contributed by atoms with Crippen LogP contribution in [0, 0.1) is 17.8 Å². The molecular weight excluding hydrogens is 504 g/mol. The Bertz CT molecular complexity index is 1320. The van der Waals surface area contributed by atoms with Crippen LogP contribution in [-0.2, 0) is 22.7 Å². The van der Waals surface area contributed by atoms with Crippen LogP contribution in [-0.4, -0.2) is 45.1 Å². The van der Waals surface area contributed by atoms with Gasteiger partial charge in [0, 0.05) is 23.9 Å². The molecule has 10 heteroatoms. The zero-order chi connectivity index (χ0) is 26.0. The van der Waals surface area contributed by atoms with Gasteiger partial charge in [0.25, 0.3) is 11.8 Å². The van der Waals surface area contributed by atoms with E-state index >= 15 is 0 Å². The summed E-state index contributed by atoms with van der Waals surface area (Å²) in [5, 5.41) is 9.10. The number of rotatable bonds is 7. The highest BCUT2D eigenvalue weighted by molar-refractivity contribution is 7.09. The number of aromatic nitrogens is 1. The third-order valence-electron chi connectivity index (χ3n) is 9.06. The van der Waals surface area contributed by atoms with Gasteiger partial charge in [0.2, 0.25) is 11.8 Å². The summed E-state index contributed by atoms with van der Waals surface area (Å²) in [6, 6.07) is 3.87. The number of hydrogen-bond donors (Lipinski definition) is 2. The highest BCUT2D eigenvalue weighted by Gasteiger charge is 2.50. The van der Waals surface area contributed by atoms with E-state index < -0.39 is 29.7 Å². The van der Waals surface area contributed by atoms with E-state index in [2.05, 4.69) is 10.6 Å². The Morgan fingerprint density at radius 3 is 2.50 bits per heavy atom. The quantitative estimate of drug-likeness (QED) is 0.524. The van der Waals surface area contributed by atoms with Gasteiger partial charge in [-0.3, -0.25) is 29.4 Å². The maximum Gasteiger partial charge on any atom is 0.266 e. The van der Waals surface area contributed by atoms with Crippen molar-refractivity contribution in [1.82, 2.24) is 20.5 Å². The second-order valence-electron chi connectivity index (χ2n) is 11.7. The molecule has 1 unspecified atom stereocenters. The lowest BCUT2D eigenvalue weighted by molar-refractivity contribution is -0.136. The van der Waals surface area contributed by atoms with E-state index in [4.69, 9.17) is 9.72 Å². The molecule has 4 aliphatic carbocycles. The third-order valence-corrected chi connectivity index (χ3v) is 9.96. The zero-order valence-electron chi connectivity index (χ0n) is 21.0. The highest BCUT2D eigenvalue weighted by atomic mass is 32.1. The van der Waals surface area contributed by atoms with Crippen molar-refractivity contribution in [3.63, 3.8) is 0 Å². The molecule has 5 fully saturated rings. The number of piperidine rings is 1. The number of imide groups is 2.